The monoisotopic (exact) mass is 270 g/mol. The molecule has 0 aromatic carbocycles. The zero-order valence-corrected chi connectivity index (χ0v) is 12.5. The molecule has 0 aliphatic carbocycles. The van der Waals surface area contributed by atoms with Crippen molar-refractivity contribution in [2.45, 2.75) is 52.2 Å². The Labute approximate surface area is 115 Å². The van der Waals surface area contributed by atoms with Crippen LogP contribution in [0.5, 0.6) is 0 Å². The van der Waals surface area contributed by atoms with Crippen molar-refractivity contribution in [1.29, 1.82) is 0 Å². The van der Waals surface area contributed by atoms with Crippen LogP contribution < -0.4 is 0 Å². The molecule has 0 bridgehead atoms. The molecule has 1 heterocycles. The van der Waals surface area contributed by atoms with Crippen molar-refractivity contribution < 1.29 is 14.3 Å². The fourth-order valence-corrected chi connectivity index (χ4v) is 2.20. The number of hydrogen-bond acceptors (Lipinski definition) is 4. The number of nitrogens with zero attached hydrogens (tertiary/aromatic N) is 2. The molecule has 0 radical (unpaired) electrons. The van der Waals surface area contributed by atoms with Gasteiger partial charge >= 0.3 is 6.09 Å². The number of carbonyl (C=O) groups is 2. The van der Waals surface area contributed by atoms with Crippen molar-refractivity contribution in [3.05, 3.63) is 0 Å². The van der Waals surface area contributed by atoms with Crippen LogP contribution in [0.3, 0.4) is 0 Å². The van der Waals surface area contributed by atoms with Crippen LogP contribution in [-0.4, -0.2) is 60.0 Å². The zero-order valence-electron chi connectivity index (χ0n) is 12.5. The maximum Gasteiger partial charge on any atom is 0.410 e. The van der Waals surface area contributed by atoms with Crippen LogP contribution in [0.2, 0.25) is 0 Å². The molecule has 1 aliphatic heterocycles. The van der Waals surface area contributed by atoms with Gasteiger partial charge in [0.25, 0.3) is 0 Å². The van der Waals surface area contributed by atoms with E-state index in [1.807, 2.05) is 20.8 Å². The molecule has 1 aliphatic rings. The van der Waals surface area contributed by atoms with Crippen molar-refractivity contribution in [2.75, 3.05) is 26.2 Å². The largest absolute Gasteiger partial charge is 0.444 e. The molecule has 19 heavy (non-hydrogen) atoms. The molecule has 110 valence electrons. The van der Waals surface area contributed by atoms with Gasteiger partial charge < -0.3 is 14.4 Å². The number of aldehydes is 1. The number of hydrogen-bond donors (Lipinski definition) is 0. The van der Waals surface area contributed by atoms with Crippen molar-refractivity contribution in [2.24, 2.45) is 0 Å². The molecule has 0 spiro atoms. The molecule has 1 fully saturated rings. The highest BCUT2D eigenvalue weighted by Gasteiger charge is 2.29. The van der Waals surface area contributed by atoms with Gasteiger partial charge in [-0.2, -0.15) is 0 Å². The lowest BCUT2D eigenvalue weighted by Gasteiger charge is -2.40. The third-order valence-electron chi connectivity index (χ3n) is 3.18. The number of amides is 1. The first-order valence-corrected chi connectivity index (χ1v) is 6.99. The molecular formula is C14H26N2O3. The second-order valence-electron chi connectivity index (χ2n) is 6.12. The fraction of sp³-hybridized carbons (Fsp3) is 0.857. The summed E-state index contributed by atoms with van der Waals surface area (Å²) in [7, 11) is 0. The summed E-state index contributed by atoms with van der Waals surface area (Å²) in [6.45, 7) is 10.9. The van der Waals surface area contributed by atoms with Gasteiger partial charge in [-0.05, 0) is 40.7 Å². The Morgan fingerprint density at radius 3 is 2.58 bits per heavy atom. The lowest BCUT2D eigenvalue weighted by atomic mass is 10.1. The van der Waals surface area contributed by atoms with Crippen molar-refractivity contribution in [3.8, 4) is 0 Å². The minimum atomic E-state index is -0.443. The van der Waals surface area contributed by atoms with Crippen LogP contribution >= 0.6 is 0 Å². The number of carbonyl (C=O) groups excluding carboxylic acids is 2. The zero-order chi connectivity index (χ0) is 14.5. The van der Waals surface area contributed by atoms with E-state index in [0.717, 1.165) is 25.8 Å². The van der Waals surface area contributed by atoms with E-state index < -0.39 is 5.60 Å². The normalized spacial score (nSPS) is 21.3. The lowest BCUT2D eigenvalue weighted by Crippen LogP contribution is -2.54. The third kappa shape index (κ3) is 5.59. The second kappa shape index (κ2) is 6.89. The highest BCUT2D eigenvalue weighted by molar-refractivity contribution is 5.68. The average molecular weight is 270 g/mol. The maximum atomic E-state index is 12.0. The van der Waals surface area contributed by atoms with Gasteiger partial charge in [0, 0.05) is 32.1 Å². The fourth-order valence-electron chi connectivity index (χ4n) is 2.20. The average Bonchev–Trinajstić information content (AvgIpc) is 2.29. The number of ether oxygens (including phenoxy) is 1. The first-order valence-electron chi connectivity index (χ1n) is 6.99. The molecule has 5 nitrogen and oxygen atoms in total. The van der Waals surface area contributed by atoms with Crippen molar-refractivity contribution >= 4 is 12.4 Å². The predicted octanol–water partition coefficient (Wildman–Crippen LogP) is 1.91. The van der Waals surface area contributed by atoms with Crippen LogP contribution in [0.1, 0.15) is 40.5 Å². The van der Waals surface area contributed by atoms with E-state index in [1.165, 1.54) is 0 Å². The van der Waals surface area contributed by atoms with Crippen molar-refractivity contribution in [3.63, 3.8) is 0 Å². The van der Waals surface area contributed by atoms with Gasteiger partial charge in [0.2, 0.25) is 0 Å². The van der Waals surface area contributed by atoms with Gasteiger partial charge in [-0.3, -0.25) is 4.90 Å². The van der Waals surface area contributed by atoms with E-state index in [4.69, 9.17) is 4.74 Å². The minimum Gasteiger partial charge on any atom is -0.444 e. The Hall–Kier alpha value is -1.10. The van der Waals surface area contributed by atoms with E-state index in [0.29, 0.717) is 25.6 Å². The predicted molar refractivity (Wildman–Crippen MR) is 74.1 cm³/mol. The summed E-state index contributed by atoms with van der Waals surface area (Å²) in [5.41, 5.74) is -0.443. The summed E-state index contributed by atoms with van der Waals surface area (Å²) in [4.78, 5) is 26.4. The summed E-state index contributed by atoms with van der Waals surface area (Å²) in [5, 5.41) is 0. The van der Waals surface area contributed by atoms with Gasteiger partial charge in [-0.15, -0.1) is 0 Å². The van der Waals surface area contributed by atoms with Gasteiger partial charge in [0.1, 0.15) is 11.9 Å². The molecule has 0 N–H and O–H groups in total. The SMILES string of the molecule is C[C@H]1CN(C(=O)OC(C)(C)C)CCN1CCCC=O. The third-order valence-corrected chi connectivity index (χ3v) is 3.18. The summed E-state index contributed by atoms with van der Waals surface area (Å²) in [6.07, 6.45) is 2.23. The lowest BCUT2D eigenvalue weighted by molar-refractivity contribution is -0.108. The summed E-state index contributed by atoms with van der Waals surface area (Å²) < 4.78 is 5.38. The standard InChI is InChI=1S/C14H26N2O3/c1-12-11-16(13(18)19-14(2,3)4)9-8-15(12)7-5-6-10-17/h10,12H,5-9,11H2,1-4H3/t12-/m0/s1. The van der Waals surface area contributed by atoms with E-state index >= 15 is 0 Å². The number of unbranched alkanes of at least 4 members (excludes halogenated alkanes) is 1. The first-order chi connectivity index (χ1) is 8.83. The Morgan fingerprint density at radius 1 is 1.37 bits per heavy atom. The van der Waals surface area contributed by atoms with Gasteiger partial charge in [-0.25, -0.2) is 4.79 Å². The van der Waals surface area contributed by atoms with E-state index in [2.05, 4.69) is 11.8 Å². The summed E-state index contributed by atoms with van der Waals surface area (Å²) in [6, 6.07) is 0.313. The smallest absolute Gasteiger partial charge is 0.410 e. The number of rotatable bonds is 4. The quantitative estimate of drug-likeness (QED) is 0.578. The molecule has 0 saturated carbocycles. The topological polar surface area (TPSA) is 49.9 Å². The van der Waals surface area contributed by atoms with Crippen LogP contribution in [0.4, 0.5) is 4.79 Å². The summed E-state index contributed by atoms with van der Waals surface area (Å²) in [5.74, 6) is 0. The molecule has 1 rings (SSSR count). The molecule has 5 heteroatoms. The Bertz CT molecular complexity index is 312. The first kappa shape index (κ1) is 16.0. The second-order valence-corrected chi connectivity index (χ2v) is 6.12. The highest BCUT2D eigenvalue weighted by Crippen LogP contribution is 2.15. The van der Waals surface area contributed by atoms with E-state index in [-0.39, 0.29) is 6.09 Å². The van der Waals surface area contributed by atoms with Gasteiger partial charge in [0.05, 0.1) is 0 Å². The Balaban J connectivity index is 2.40. The minimum absolute atomic E-state index is 0.230. The maximum absolute atomic E-state index is 12.0. The molecule has 0 aromatic heterocycles. The van der Waals surface area contributed by atoms with Gasteiger partial charge in [-0.1, -0.05) is 0 Å². The van der Waals surface area contributed by atoms with Crippen molar-refractivity contribution in [1.82, 2.24) is 9.80 Å². The molecule has 1 saturated heterocycles. The van der Waals surface area contributed by atoms with Gasteiger partial charge in [0.15, 0.2) is 0 Å². The van der Waals surface area contributed by atoms with Crippen LogP contribution in [-0.2, 0) is 9.53 Å². The molecule has 0 aromatic rings. The van der Waals surface area contributed by atoms with Crippen LogP contribution in [0.15, 0.2) is 0 Å². The van der Waals surface area contributed by atoms with E-state index in [1.54, 1.807) is 4.90 Å². The molecule has 1 atom stereocenters. The Morgan fingerprint density at radius 2 is 2.05 bits per heavy atom. The molecule has 0 unspecified atom stereocenters. The van der Waals surface area contributed by atoms with E-state index in [9.17, 15) is 9.59 Å². The van der Waals surface area contributed by atoms with Crippen LogP contribution in [0.25, 0.3) is 0 Å². The number of piperazine rings is 1. The highest BCUT2D eigenvalue weighted by atomic mass is 16.6. The Kier molecular flexibility index (Phi) is 5.79. The summed E-state index contributed by atoms with van der Waals surface area (Å²) >= 11 is 0. The van der Waals surface area contributed by atoms with Crippen LogP contribution in [0, 0.1) is 0 Å². The molecule has 1 amide bonds. The molecular weight excluding hydrogens is 244 g/mol.